The highest BCUT2D eigenvalue weighted by Crippen LogP contribution is 2.30. The molecule has 0 saturated heterocycles. The maximum Gasteiger partial charge on any atom is 0.387 e. The summed E-state index contributed by atoms with van der Waals surface area (Å²) in [6.45, 7) is -1.61. The van der Waals surface area contributed by atoms with Crippen molar-refractivity contribution in [1.29, 1.82) is 0 Å². The van der Waals surface area contributed by atoms with E-state index in [4.69, 9.17) is 11.6 Å². The second-order valence-corrected chi connectivity index (χ2v) is 6.72. The molecule has 1 aromatic heterocycles. The third kappa shape index (κ3) is 6.64. The lowest BCUT2D eigenvalue weighted by Gasteiger charge is -2.12. The van der Waals surface area contributed by atoms with Gasteiger partial charge in [0.1, 0.15) is 10.6 Å². The number of benzene rings is 1. The molecule has 1 heterocycles. The van der Waals surface area contributed by atoms with Gasteiger partial charge in [0.05, 0.1) is 7.11 Å². The average Bonchev–Trinajstić information content (AvgIpc) is 2.64. The molecule has 1 atom stereocenters. The predicted octanol–water partition coefficient (Wildman–Crippen LogP) is 2.85. The van der Waals surface area contributed by atoms with E-state index in [0.29, 0.717) is 5.56 Å². The number of aryl methyl sites for hydroxylation is 1. The minimum Gasteiger partial charge on any atom is -0.467 e. The Balaban J connectivity index is 2.07. The summed E-state index contributed by atoms with van der Waals surface area (Å²) in [6, 6.07) is 2.00. The Morgan fingerprint density at radius 1 is 1.27 bits per heavy atom. The monoisotopic (exact) mass is 473 g/mol. The number of methoxy groups -OCH3 is 1. The van der Waals surface area contributed by atoms with E-state index in [2.05, 4.69) is 28.7 Å². The predicted molar refractivity (Wildman–Crippen MR) is 93.6 cm³/mol. The van der Waals surface area contributed by atoms with Crippen LogP contribution in [0.2, 0.25) is 0 Å². The summed E-state index contributed by atoms with van der Waals surface area (Å²) in [6.07, 6.45) is 0. The fraction of sp³-hybridized carbons (Fsp3) is 0.286. The van der Waals surface area contributed by atoms with Crippen molar-refractivity contribution in [2.24, 2.45) is 0 Å². The summed E-state index contributed by atoms with van der Waals surface area (Å²) >= 11 is 2.36. The molecule has 1 unspecified atom stereocenters. The van der Waals surface area contributed by atoms with Crippen molar-refractivity contribution in [3.05, 3.63) is 29.6 Å². The molecule has 164 valence electrons. The summed E-state index contributed by atoms with van der Waals surface area (Å²) < 4.78 is 77.0. The van der Waals surface area contributed by atoms with Crippen LogP contribution in [0.3, 0.4) is 0 Å². The zero-order chi connectivity index (χ0) is 22.5. The number of hydrogen-bond donors (Lipinski definition) is 2. The number of nitrogens with zero attached hydrogens (tertiary/aromatic N) is 3. The largest absolute Gasteiger partial charge is 0.467 e. The van der Waals surface area contributed by atoms with Gasteiger partial charge in [0.2, 0.25) is 22.9 Å². The second kappa shape index (κ2) is 9.82. The third-order valence-corrected chi connectivity index (χ3v) is 4.08. The number of hydroxylamine groups is 1. The van der Waals surface area contributed by atoms with Crippen molar-refractivity contribution in [1.82, 2.24) is 20.4 Å². The Kier molecular flexibility index (Phi) is 7.69. The fourth-order valence-electron chi connectivity index (χ4n) is 1.82. The first kappa shape index (κ1) is 23.5. The van der Waals surface area contributed by atoms with Gasteiger partial charge >= 0.3 is 24.0 Å². The molecule has 2 aromatic rings. The molecule has 0 aliphatic rings. The number of aromatic nitrogens is 3. The summed E-state index contributed by atoms with van der Waals surface area (Å²) in [5.74, 6) is -2.33. The number of alkyl halides is 5. The summed E-state index contributed by atoms with van der Waals surface area (Å²) in [5.41, 5.74) is 2.20. The van der Waals surface area contributed by atoms with E-state index in [9.17, 15) is 26.6 Å². The van der Waals surface area contributed by atoms with E-state index in [-0.39, 0.29) is 4.90 Å². The molecule has 30 heavy (non-hydrogen) atoms. The Bertz CT molecular complexity index is 949. The Morgan fingerprint density at radius 2 is 1.97 bits per heavy atom. The first-order valence-electron chi connectivity index (χ1n) is 7.58. The molecule has 0 saturated carbocycles. The molecule has 16 heteroatoms. The summed E-state index contributed by atoms with van der Waals surface area (Å²) in [4.78, 5) is 21.5. The van der Waals surface area contributed by atoms with Crippen molar-refractivity contribution in [3.8, 4) is 11.8 Å². The van der Waals surface area contributed by atoms with Crippen molar-refractivity contribution in [2.75, 3.05) is 12.4 Å². The van der Waals surface area contributed by atoms with E-state index >= 15 is 0 Å². The van der Waals surface area contributed by atoms with Gasteiger partial charge in [-0.3, -0.25) is 5.32 Å². The molecule has 0 radical (unpaired) electrons. The van der Waals surface area contributed by atoms with Gasteiger partial charge in [-0.2, -0.15) is 36.8 Å². The van der Waals surface area contributed by atoms with Crippen LogP contribution in [0.25, 0.3) is 0 Å². The number of ether oxygens (including phenoxy) is 2. The number of carbonyl (C=O) groups is 1. The normalized spacial score (nSPS) is 12.4. The van der Waals surface area contributed by atoms with E-state index < -0.39 is 52.6 Å². The summed E-state index contributed by atoms with van der Waals surface area (Å²) in [7, 11) is 1.07. The highest BCUT2D eigenvalue weighted by atomic mass is 35.5. The Labute approximate surface area is 173 Å². The average molecular weight is 474 g/mol. The molecule has 2 amide bonds. The maximum absolute atomic E-state index is 13.2. The second-order valence-electron chi connectivity index (χ2n) is 5.17. The Morgan fingerprint density at radius 3 is 2.57 bits per heavy atom. The standard InChI is InChI=1S/C14H12ClF4N5O5S/c1-6-3-4-8(7(5-6)28-10(16)17)30(26)29-24-12(25)22-11-20-9(14(15,18)19)21-13(23-11)27-2/h3-5,10H,1-2H3,(H2,20,21,22,23,24,25). The van der Waals surface area contributed by atoms with Crippen LogP contribution in [0, 0.1) is 6.92 Å². The van der Waals surface area contributed by atoms with E-state index in [1.807, 2.05) is 5.32 Å². The lowest BCUT2D eigenvalue weighted by atomic mass is 10.2. The van der Waals surface area contributed by atoms with E-state index in [1.54, 1.807) is 12.4 Å². The van der Waals surface area contributed by atoms with Crippen LogP contribution in [0.1, 0.15) is 11.4 Å². The fourth-order valence-corrected chi connectivity index (χ4v) is 2.60. The molecular formula is C14H12ClF4N5O5S. The number of anilines is 1. The number of carbonyl (C=O) groups excluding carboxylic acids is 1. The molecular weight excluding hydrogens is 462 g/mol. The molecule has 0 bridgehead atoms. The quantitative estimate of drug-likeness (QED) is 0.341. The molecule has 2 N–H and O–H groups in total. The lowest BCUT2D eigenvalue weighted by molar-refractivity contribution is -0.0518. The van der Waals surface area contributed by atoms with Crippen molar-refractivity contribution < 1.29 is 40.3 Å². The first-order valence-corrected chi connectivity index (χ1v) is 9.03. The minimum absolute atomic E-state index is 0.299. The van der Waals surface area contributed by atoms with Crippen LogP contribution in [0.4, 0.5) is 28.3 Å². The lowest BCUT2D eigenvalue weighted by Crippen LogP contribution is -2.31. The zero-order valence-corrected chi connectivity index (χ0v) is 16.6. The van der Waals surface area contributed by atoms with Crippen LogP contribution < -0.4 is 20.3 Å². The number of halogens is 5. The molecule has 0 spiro atoms. The maximum atomic E-state index is 13.2. The highest BCUT2D eigenvalue weighted by Gasteiger charge is 2.33. The molecule has 1 aromatic carbocycles. The van der Waals surface area contributed by atoms with Crippen molar-refractivity contribution in [2.45, 2.75) is 23.8 Å². The van der Waals surface area contributed by atoms with Gasteiger partial charge in [-0.05, 0) is 36.2 Å². The van der Waals surface area contributed by atoms with Gasteiger partial charge in [0.15, 0.2) is 0 Å². The third-order valence-electron chi connectivity index (χ3n) is 2.98. The Hall–Kier alpha value is -2.78. The van der Waals surface area contributed by atoms with Crippen molar-refractivity contribution >= 4 is 34.7 Å². The van der Waals surface area contributed by atoms with Crippen LogP contribution in [-0.2, 0) is 20.7 Å². The number of hydrogen-bond acceptors (Lipinski definition) is 8. The number of amides is 2. The van der Waals surface area contributed by atoms with Gasteiger partial charge in [-0.15, -0.1) is 0 Å². The molecule has 0 aliphatic heterocycles. The van der Waals surface area contributed by atoms with Gasteiger partial charge in [0.25, 0.3) is 0 Å². The minimum atomic E-state index is -3.98. The van der Waals surface area contributed by atoms with E-state index in [1.165, 1.54) is 18.2 Å². The van der Waals surface area contributed by atoms with Gasteiger partial charge in [0, 0.05) is 0 Å². The van der Waals surface area contributed by atoms with Crippen LogP contribution in [0.15, 0.2) is 23.1 Å². The topological polar surface area (TPSA) is 125 Å². The molecule has 10 nitrogen and oxygen atoms in total. The van der Waals surface area contributed by atoms with Gasteiger partial charge in [-0.25, -0.2) is 14.5 Å². The molecule has 0 fully saturated rings. The highest BCUT2D eigenvalue weighted by molar-refractivity contribution is 7.80. The van der Waals surface area contributed by atoms with E-state index in [0.717, 1.165) is 7.11 Å². The van der Waals surface area contributed by atoms with Crippen LogP contribution in [-0.4, -0.2) is 38.9 Å². The van der Waals surface area contributed by atoms with Gasteiger partial charge in [-0.1, -0.05) is 6.07 Å². The smallest absolute Gasteiger partial charge is 0.387 e. The molecule has 2 rings (SSSR count). The first-order chi connectivity index (χ1) is 14.0. The zero-order valence-electron chi connectivity index (χ0n) is 15.0. The summed E-state index contributed by atoms with van der Waals surface area (Å²) in [5, 5.41) is -2.08. The number of rotatable bonds is 8. The SMILES string of the molecule is COc1nc(NC(=O)NOS(=O)c2ccc(C)cc2OC(F)F)nc(C(F)(F)Cl)n1. The number of nitrogens with one attached hydrogen (secondary N) is 2. The van der Waals surface area contributed by atoms with Gasteiger partial charge < -0.3 is 9.47 Å². The van der Waals surface area contributed by atoms with Crippen LogP contribution >= 0.6 is 11.6 Å². The van der Waals surface area contributed by atoms with Crippen LogP contribution in [0.5, 0.6) is 11.8 Å². The molecule has 0 aliphatic carbocycles. The van der Waals surface area contributed by atoms with Crippen molar-refractivity contribution in [3.63, 3.8) is 0 Å². The number of urea groups is 1.